The highest BCUT2D eigenvalue weighted by atomic mass is 19.3. The van der Waals surface area contributed by atoms with Gasteiger partial charge < -0.3 is 4.74 Å². The first-order valence-corrected chi connectivity index (χ1v) is 5.65. The Hall–Kier alpha value is -1.73. The van der Waals surface area contributed by atoms with Gasteiger partial charge in [-0.3, -0.25) is 10.1 Å². The van der Waals surface area contributed by atoms with E-state index < -0.39 is 24.2 Å². The third-order valence-corrected chi connectivity index (χ3v) is 2.90. The first-order chi connectivity index (χ1) is 8.50. The summed E-state index contributed by atoms with van der Waals surface area (Å²) in [6, 6.07) is 0.0827. The summed E-state index contributed by atoms with van der Waals surface area (Å²) in [7, 11) is 1.39. The van der Waals surface area contributed by atoms with E-state index in [-0.39, 0.29) is 18.4 Å². The number of carbonyl (C=O) groups excluding carboxylic acids is 1. The number of halogens is 2. The molecule has 6 nitrogen and oxygen atoms in total. The van der Waals surface area contributed by atoms with E-state index in [9.17, 15) is 13.6 Å². The molecule has 1 saturated carbocycles. The molecule has 1 amide bonds. The molecule has 1 fully saturated rings. The van der Waals surface area contributed by atoms with Crippen LogP contribution in [0.2, 0.25) is 0 Å². The molecule has 2 rings (SSSR count). The zero-order valence-corrected chi connectivity index (χ0v) is 9.87. The summed E-state index contributed by atoms with van der Waals surface area (Å²) in [5.41, 5.74) is 0. The van der Waals surface area contributed by atoms with E-state index in [1.165, 1.54) is 7.11 Å². The Balaban J connectivity index is 1.95. The van der Waals surface area contributed by atoms with Gasteiger partial charge in [0.05, 0.1) is 7.11 Å². The van der Waals surface area contributed by atoms with Gasteiger partial charge in [-0.2, -0.15) is 4.98 Å². The zero-order chi connectivity index (χ0) is 13.2. The molecule has 0 saturated heterocycles. The third kappa shape index (κ3) is 2.93. The fourth-order valence-electron chi connectivity index (χ4n) is 2.01. The van der Waals surface area contributed by atoms with Crippen LogP contribution in [0, 0.1) is 5.92 Å². The van der Waals surface area contributed by atoms with Crippen LogP contribution >= 0.6 is 0 Å². The standard InChI is InChI=1S/C10H14F2N4O2/c1-18-9-14-8(15-16-9)13-7(17)6-3-2-4-10(11,12)5-6/h6H,2-5H2,1H3,(H2,13,14,15,16,17). The van der Waals surface area contributed by atoms with Crippen LogP contribution in [-0.4, -0.2) is 34.1 Å². The Kier molecular flexibility index (Phi) is 3.44. The second kappa shape index (κ2) is 4.87. The van der Waals surface area contributed by atoms with Crippen molar-refractivity contribution < 1.29 is 18.3 Å². The minimum atomic E-state index is -2.75. The second-order valence-electron chi connectivity index (χ2n) is 4.31. The molecule has 0 spiro atoms. The lowest BCUT2D eigenvalue weighted by Gasteiger charge is -2.27. The molecule has 1 unspecified atom stereocenters. The minimum Gasteiger partial charge on any atom is -0.466 e. The van der Waals surface area contributed by atoms with Gasteiger partial charge in [0, 0.05) is 18.8 Å². The number of aromatic amines is 1. The highest BCUT2D eigenvalue weighted by Crippen LogP contribution is 2.36. The normalized spacial score (nSPS) is 22.5. The lowest BCUT2D eigenvalue weighted by atomic mass is 9.86. The van der Waals surface area contributed by atoms with Gasteiger partial charge in [-0.25, -0.2) is 13.9 Å². The average Bonchev–Trinajstić information content (AvgIpc) is 2.75. The summed E-state index contributed by atoms with van der Waals surface area (Å²) in [6.07, 6.45) is 0.258. The molecule has 1 aliphatic carbocycles. The Bertz CT molecular complexity index is 435. The van der Waals surface area contributed by atoms with E-state index >= 15 is 0 Å². The smallest absolute Gasteiger partial charge is 0.336 e. The van der Waals surface area contributed by atoms with Crippen molar-refractivity contribution in [3.05, 3.63) is 0 Å². The number of alkyl halides is 2. The molecule has 1 heterocycles. The number of rotatable bonds is 3. The highest BCUT2D eigenvalue weighted by molar-refractivity contribution is 5.91. The van der Waals surface area contributed by atoms with Crippen molar-refractivity contribution in [2.24, 2.45) is 5.92 Å². The van der Waals surface area contributed by atoms with Crippen molar-refractivity contribution in [2.75, 3.05) is 12.4 Å². The van der Waals surface area contributed by atoms with Gasteiger partial charge in [-0.1, -0.05) is 0 Å². The van der Waals surface area contributed by atoms with E-state index in [2.05, 4.69) is 20.5 Å². The molecule has 0 aliphatic heterocycles. The van der Waals surface area contributed by atoms with Gasteiger partial charge in [0.2, 0.25) is 17.8 Å². The molecule has 100 valence electrons. The molecule has 1 aliphatic rings. The maximum absolute atomic E-state index is 13.2. The first kappa shape index (κ1) is 12.7. The van der Waals surface area contributed by atoms with Crippen LogP contribution in [0.4, 0.5) is 14.7 Å². The number of amides is 1. The van der Waals surface area contributed by atoms with Gasteiger partial charge in [-0.15, -0.1) is 5.10 Å². The number of hydrogen-bond donors (Lipinski definition) is 2. The van der Waals surface area contributed by atoms with Crippen LogP contribution in [0.25, 0.3) is 0 Å². The average molecular weight is 260 g/mol. The van der Waals surface area contributed by atoms with Gasteiger partial charge in [0.15, 0.2) is 0 Å². The lowest BCUT2D eigenvalue weighted by Crippen LogP contribution is -2.33. The van der Waals surface area contributed by atoms with Crippen molar-refractivity contribution in [2.45, 2.75) is 31.6 Å². The fourth-order valence-corrected chi connectivity index (χ4v) is 2.01. The van der Waals surface area contributed by atoms with Crippen LogP contribution in [-0.2, 0) is 4.79 Å². The largest absolute Gasteiger partial charge is 0.466 e. The molecular formula is C10H14F2N4O2. The number of hydrogen-bond acceptors (Lipinski definition) is 4. The molecule has 0 aromatic carbocycles. The van der Waals surface area contributed by atoms with Gasteiger partial charge in [-0.05, 0) is 12.8 Å². The predicted molar refractivity (Wildman–Crippen MR) is 58.5 cm³/mol. The zero-order valence-electron chi connectivity index (χ0n) is 9.87. The number of ether oxygens (including phenoxy) is 1. The Morgan fingerprint density at radius 3 is 3.00 bits per heavy atom. The van der Waals surface area contributed by atoms with E-state index in [0.717, 1.165) is 0 Å². The van der Waals surface area contributed by atoms with E-state index in [0.29, 0.717) is 12.8 Å². The molecule has 1 atom stereocenters. The molecular weight excluding hydrogens is 246 g/mol. The van der Waals surface area contributed by atoms with E-state index in [4.69, 9.17) is 4.74 Å². The van der Waals surface area contributed by atoms with Crippen molar-refractivity contribution >= 4 is 11.9 Å². The maximum atomic E-state index is 13.2. The summed E-state index contributed by atoms with van der Waals surface area (Å²) in [6.45, 7) is 0. The number of nitrogens with zero attached hydrogens (tertiary/aromatic N) is 2. The van der Waals surface area contributed by atoms with Crippen LogP contribution in [0.15, 0.2) is 0 Å². The highest BCUT2D eigenvalue weighted by Gasteiger charge is 2.39. The van der Waals surface area contributed by atoms with Gasteiger partial charge >= 0.3 is 6.01 Å². The molecule has 1 aromatic rings. The first-order valence-electron chi connectivity index (χ1n) is 5.65. The number of anilines is 1. The molecule has 2 N–H and O–H groups in total. The van der Waals surface area contributed by atoms with Crippen molar-refractivity contribution in [3.8, 4) is 6.01 Å². The summed E-state index contributed by atoms with van der Waals surface area (Å²) in [4.78, 5) is 15.6. The minimum absolute atomic E-state index is 0.0827. The van der Waals surface area contributed by atoms with Crippen molar-refractivity contribution in [1.82, 2.24) is 15.2 Å². The Morgan fingerprint density at radius 1 is 1.61 bits per heavy atom. The molecule has 1 aromatic heterocycles. The van der Waals surface area contributed by atoms with E-state index in [1.807, 2.05) is 0 Å². The number of nitrogens with one attached hydrogen (secondary N) is 2. The topological polar surface area (TPSA) is 79.9 Å². The molecule has 0 radical (unpaired) electrons. The number of aromatic nitrogens is 3. The predicted octanol–water partition coefficient (Wildman–Crippen LogP) is 1.58. The Morgan fingerprint density at radius 2 is 2.39 bits per heavy atom. The molecule has 18 heavy (non-hydrogen) atoms. The summed E-state index contributed by atoms with van der Waals surface area (Å²) in [5, 5.41) is 8.50. The van der Waals surface area contributed by atoms with Crippen molar-refractivity contribution in [1.29, 1.82) is 0 Å². The monoisotopic (exact) mass is 260 g/mol. The van der Waals surface area contributed by atoms with Gasteiger partial charge in [0.1, 0.15) is 0 Å². The number of methoxy groups -OCH3 is 1. The Labute approximate surface area is 102 Å². The van der Waals surface area contributed by atoms with Crippen LogP contribution in [0.1, 0.15) is 25.7 Å². The lowest BCUT2D eigenvalue weighted by molar-refractivity contribution is -0.127. The summed E-state index contributed by atoms with van der Waals surface area (Å²) >= 11 is 0. The SMILES string of the molecule is COc1n[nH]c(NC(=O)C2CCCC(F)(F)C2)n1. The molecule has 0 bridgehead atoms. The van der Waals surface area contributed by atoms with Crippen molar-refractivity contribution in [3.63, 3.8) is 0 Å². The third-order valence-electron chi connectivity index (χ3n) is 2.90. The summed E-state index contributed by atoms with van der Waals surface area (Å²) < 4.78 is 31.1. The number of carbonyl (C=O) groups is 1. The van der Waals surface area contributed by atoms with Crippen LogP contribution in [0.5, 0.6) is 6.01 Å². The second-order valence-corrected chi connectivity index (χ2v) is 4.31. The summed E-state index contributed by atoms with van der Waals surface area (Å²) in [5.74, 6) is -3.80. The molecule has 8 heteroatoms. The maximum Gasteiger partial charge on any atom is 0.336 e. The fraction of sp³-hybridized carbons (Fsp3) is 0.700. The van der Waals surface area contributed by atoms with E-state index in [1.54, 1.807) is 0 Å². The van der Waals surface area contributed by atoms with Gasteiger partial charge in [0.25, 0.3) is 0 Å². The van der Waals surface area contributed by atoms with Crippen LogP contribution in [0.3, 0.4) is 0 Å². The number of H-pyrrole nitrogens is 1. The quantitative estimate of drug-likeness (QED) is 0.864. The van der Waals surface area contributed by atoms with Crippen LogP contribution < -0.4 is 10.1 Å².